The van der Waals surface area contributed by atoms with Crippen molar-refractivity contribution in [2.45, 2.75) is 6.36 Å². The van der Waals surface area contributed by atoms with Crippen molar-refractivity contribution in [2.24, 2.45) is 0 Å². The normalized spacial score (nSPS) is 11.4. The second-order valence-corrected chi connectivity index (χ2v) is 9.67. The standard InChI is InChI=1S/C31H21F3N6O2S/c32-31(33,34)42-25-16-14-24(15-17-25)40-20-37-29(39-40)22-10-12-23(13-11-22)38-30(41)28(43-19-35)18-36-27-9-5-4-8-26(27)21-6-2-1-3-7-21/h1-18,20,36H,(H,38,41)/b28-18-. The van der Waals surface area contributed by atoms with Crippen molar-refractivity contribution in [3.05, 3.63) is 121 Å². The number of anilines is 2. The van der Waals surface area contributed by atoms with Crippen LogP contribution in [0.25, 0.3) is 28.2 Å². The number of nitrogens with one attached hydrogen (secondary N) is 2. The molecule has 0 aliphatic rings. The first-order chi connectivity index (χ1) is 20.8. The van der Waals surface area contributed by atoms with Gasteiger partial charge in [-0.05, 0) is 71.9 Å². The minimum atomic E-state index is -4.77. The van der Waals surface area contributed by atoms with E-state index in [0.29, 0.717) is 22.8 Å². The smallest absolute Gasteiger partial charge is 0.406 e. The maximum atomic E-state index is 13.0. The maximum Gasteiger partial charge on any atom is 0.573 e. The number of benzene rings is 4. The minimum absolute atomic E-state index is 0.168. The number of aromatic nitrogens is 3. The lowest BCUT2D eigenvalue weighted by atomic mass is 10.0. The number of nitrogens with zero attached hydrogens (tertiary/aromatic N) is 4. The predicted molar refractivity (Wildman–Crippen MR) is 159 cm³/mol. The first-order valence-electron chi connectivity index (χ1n) is 12.7. The van der Waals surface area contributed by atoms with Gasteiger partial charge in [0.25, 0.3) is 5.91 Å². The van der Waals surface area contributed by atoms with Crippen molar-refractivity contribution >= 4 is 29.0 Å². The van der Waals surface area contributed by atoms with Crippen LogP contribution in [0.2, 0.25) is 0 Å². The maximum absolute atomic E-state index is 13.0. The van der Waals surface area contributed by atoms with Crippen molar-refractivity contribution in [1.82, 2.24) is 14.8 Å². The van der Waals surface area contributed by atoms with Crippen LogP contribution < -0.4 is 15.4 Å². The van der Waals surface area contributed by atoms with Gasteiger partial charge in [-0.1, -0.05) is 48.5 Å². The van der Waals surface area contributed by atoms with Crippen molar-refractivity contribution in [2.75, 3.05) is 10.6 Å². The lowest BCUT2D eigenvalue weighted by molar-refractivity contribution is -0.274. The third kappa shape index (κ3) is 7.60. The molecule has 0 bridgehead atoms. The van der Waals surface area contributed by atoms with Crippen LogP contribution in [0.15, 0.2) is 121 Å². The number of thioether (sulfide) groups is 1. The second-order valence-electron chi connectivity index (χ2n) is 8.84. The Labute approximate surface area is 248 Å². The Balaban J connectivity index is 1.25. The number of thiocyanates is 1. The number of para-hydroxylation sites is 1. The Kier molecular flexibility index (Phi) is 8.74. The van der Waals surface area contributed by atoms with Crippen LogP contribution in [0, 0.1) is 10.7 Å². The highest BCUT2D eigenvalue weighted by Crippen LogP contribution is 2.29. The van der Waals surface area contributed by atoms with Gasteiger partial charge in [0, 0.05) is 28.7 Å². The molecule has 2 N–H and O–H groups in total. The molecule has 5 rings (SSSR count). The Bertz CT molecular complexity index is 1780. The summed E-state index contributed by atoms with van der Waals surface area (Å²) < 4.78 is 42.5. The number of hydrogen-bond acceptors (Lipinski definition) is 7. The summed E-state index contributed by atoms with van der Waals surface area (Å²) in [6.45, 7) is 0. The van der Waals surface area contributed by atoms with Gasteiger partial charge in [-0.2, -0.15) is 5.26 Å². The van der Waals surface area contributed by atoms with Crippen LogP contribution >= 0.6 is 11.8 Å². The van der Waals surface area contributed by atoms with Crippen LogP contribution in [0.1, 0.15) is 0 Å². The molecule has 0 saturated carbocycles. The minimum Gasteiger partial charge on any atom is -0.406 e. The van der Waals surface area contributed by atoms with E-state index in [4.69, 9.17) is 0 Å². The lowest BCUT2D eigenvalue weighted by Crippen LogP contribution is -2.17. The third-order valence-corrected chi connectivity index (χ3v) is 6.59. The van der Waals surface area contributed by atoms with Crippen LogP contribution in [0.4, 0.5) is 24.5 Å². The first-order valence-corrected chi connectivity index (χ1v) is 13.5. The van der Waals surface area contributed by atoms with Crippen molar-refractivity contribution in [1.29, 1.82) is 5.26 Å². The van der Waals surface area contributed by atoms with Gasteiger partial charge in [0.2, 0.25) is 0 Å². The molecular formula is C31H21F3N6O2S. The zero-order valence-corrected chi connectivity index (χ0v) is 22.9. The molecule has 8 nitrogen and oxygen atoms in total. The zero-order chi connectivity index (χ0) is 30.2. The van der Waals surface area contributed by atoms with Gasteiger partial charge in [0.15, 0.2) is 5.82 Å². The van der Waals surface area contributed by atoms with E-state index in [1.54, 1.807) is 24.3 Å². The monoisotopic (exact) mass is 598 g/mol. The fourth-order valence-electron chi connectivity index (χ4n) is 4.03. The molecule has 0 saturated heterocycles. The third-order valence-electron chi connectivity index (χ3n) is 5.98. The highest BCUT2D eigenvalue weighted by atomic mass is 32.2. The zero-order valence-electron chi connectivity index (χ0n) is 22.1. The number of carbonyl (C=O) groups is 1. The van der Waals surface area contributed by atoms with Crippen LogP contribution in [0.3, 0.4) is 0 Å². The Morgan fingerprint density at radius 2 is 1.60 bits per heavy atom. The van der Waals surface area contributed by atoms with E-state index in [-0.39, 0.29) is 10.7 Å². The van der Waals surface area contributed by atoms with Crippen LogP contribution in [-0.2, 0) is 4.79 Å². The average molecular weight is 599 g/mol. The highest BCUT2D eigenvalue weighted by molar-refractivity contribution is 8.08. The van der Waals surface area contributed by atoms with Crippen LogP contribution in [0.5, 0.6) is 5.75 Å². The average Bonchev–Trinajstić information content (AvgIpc) is 3.50. The molecule has 12 heteroatoms. The lowest BCUT2D eigenvalue weighted by Gasteiger charge is -2.11. The first kappa shape index (κ1) is 29.0. The quantitative estimate of drug-likeness (QED) is 0.133. The molecule has 0 fully saturated rings. The molecule has 0 spiro atoms. The predicted octanol–water partition coefficient (Wildman–Crippen LogP) is 7.61. The number of carbonyl (C=O) groups excluding carboxylic acids is 1. The number of nitriles is 1. The van der Waals surface area contributed by atoms with Gasteiger partial charge < -0.3 is 15.4 Å². The fraction of sp³-hybridized carbons (Fsp3) is 0.0323. The summed E-state index contributed by atoms with van der Waals surface area (Å²) in [6, 6.07) is 29.4. The number of amides is 1. The molecular weight excluding hydrogens is 577 g/mol. The van der Waals surface area contributed by atoms with E-state index in [1.807, 2.05) is 60.0 Å². The molecule has 1 heterocycles. The summed E-state index contributed by atoms with van der Waals surface area (Å²) in [6.07, 6.45) is -1.84. The molecule has 43 heavy (non-hydrogen) atoms. The Hall–Kier alpha value is -5.54. The molecule has 0 radical (unpaired) electrons. The summed E-state index contributed by atoms with van der Waals surface area (Å²) in [5, 5.41) is 21.5. The number of hydrogen-bond donors (Lipinski definition) is 2. The summed E-state index contributed by atoms with van der Waals surface area (Å²) in [7, 11) is 0. The fourth-order valence-corrected chi connectivity index (χ4v) is 4.39. The summed E-state index contributed by atoms with van der Waals surface area (Å²) in [5.41, 5.74) is 4.36. The molecule has 0 aliphatic heterocycles. The van der Waals surface area contributed by atoms with Gasteiger partial charge >= 0.3 is 6.36 Å². The summed E-state index contributed by atoms with van der Waals surface area (Å²) in [4.78, 5) is 17.4. The Morgan fingerprint density at radius 1 is 0.907 bits per heavy atom. The van der Waals surface area contributed by atoms with Crippen LogP contribution in [-0.4, -0.2) is 27.0 Å². The molecule has 4 aromatic carbocycles. The molecule has 1 amide bonds. The van der Waals surface area contributed by atoms with Gasteiger partial charge in [-0.3, -0.25) is 4.79 Å². The van der Waals surface area contributed by atoms with E-state index in [2.05, 4.69) is 25.5 Å². The van der Waals surface area contributed by atoms with Crippen molar-refractivity contribution < 1.29 is 22.7 Å². The van der Waals surface area contributed by atoms with Crippen molar-refractivity contribution in [3.63, 3.8) is 0 Å². The number of halogens is 3. The number of rotatable bonds is 9. The van der Waals surface area contributed by atoms with E-state index in [1.165, 1.54) is 41.5 Å². The molecule has 0 atom stereocenters. The van der Waals surface area contributed by atoms with E-state index < -0.39 is 12.3 Å². The highest BCUT2D eigenvalue weighted by Gasteiger charge is 2.31. The molecule has 0 unspecified atom stereocenters. The van der Waals surface area contributed by atoms with E-state index >= 15 is 0 Å². The SMILES string of the molecule is N#CS/C(=C\Nc1ccccc1-c1ccccc1)C(=O)Nc1ccc(-c2ncn(-c3ccc(OC(F)(F)F)cc3)n2)cc1. The number of alkyl halides is 3. The second kappa shape index (κ2) is 13.0. The topological polar surface area (TPSA) is 105 Å². The summed E-state index contributed by atoms with van der Waals surface area (Å²) in [5.74, 6) is -0.437. The largest absolute Gasteiger partial charge is 0.573 e. The molecule has 5 aromatic rings. The van der Waals surface area contributed by atoms with Crippen molar-refractivity contribution in [3.8, 4) is 39.4 Å². The van der Waals surface area contributed by atoms with E-state index in [9.17, 15) is 23.2 Å². The van der Waals surface area contributed by atoms with Gasteiger partial charge in [-0.15, -0.1) is 18.3 Å². The summed E-state index contributed by atoms with van der Waals surface area (Å²) >= 11 is 0.735. The van der Waals surface area contributed by atoms with Gasteiger partial charge in [-0.25, -0.2) is 9.67 Å². The molecule has 0 aliphatic carbocycles. The molecule has 1 aromatic heterocycles. The Morgan fingerprint density at radius 3 is 2.30 bits per heavy atom. The molecule has 214 valence electrons. The van der Waals surface area contributed by atoms with Gasteiger partial charge in [0.05, 0.1) is 5.69 Å². The van der Waals surface area contributed by atoms with E-state index in [0.717, 1.165) is 28.6 Å². The van der Waals surface area contributed by atoms with Gasteiger partial charge in [0.1, 0.15) is 22.4 Å². The number of ether oxygens (including phenoxy) is 1.